The van der Waals surface area contributed by atoms with Gasteiger partial charge in [0.15, 0.2) is 11.5 Å². The lowest BCUT2D eigenvalue weighted by atomic mass is 10.1. The summed E-state index contributed by atoms with van der Waals surface area (Å²) in [6, 6.07) is 5.69. The molecule has 1 unspecified atom stereocenters. The SMILES string of the molecule is CCCN(CC(=O)O)C(C)c1ccc(OC)c(OC)c1. The molecular formula is C15H23NO4. The van der Waals surface area contributed by atoms with E-state index in [0.29, 0.717) is 11.5 Å². The fourth-order valence-electron chi connectivity index (χ4n) is 2.19. The van der Waals surface area contributed by atoms with E-state index in [9.17, 15) is 4.79 Å². The molecule has 1 aromatic carbocycles. The lowest BCUT2D eigenvalue weighted by Crippen LogP contribution is -2.33. The van der Waals surface area contributed by atoms with Gasteiger partial charge >= 0.3 is 5.97 Å². The summed E-state index contributed by atoms with van der Waals surface area (Å²) in [4.78, 5) is 12.9. The van der Waals surface area contributed by atoms with Gasteiger partial charge in [0.25, 0.3) is 0 Å². The van der Waals surface area contributed by atoms with Crippen molar-refractivity contribution in [1.29, 1.82) is 0 Å². The highest BCUT2D eigenvalue weighted by Gasteiger charge is 2.19. The maximum absolute atomic E-state index is 11.0. The Balaban J connectivity index is 2.98. The average Bonchev–Trinajstić information content (AvgIpc) is 2.44. The van der Waals surface area contributed by atoms with Gasteiger partial charge in [-0.2, -0.15) is 0 Å². The summed E-state index contributed by atoms with van der Waals surface area (Å²) in [5.74, 6) is 0.512. The molecular weight excluding hydrogens is 258 g/mol. The number of nitrogens with zero attached hydrogens (tertiary/aromatic N) is 1. The van der Waals surface area contributed by atoms with Crippen LogP contribution in [0, 0.1) is 0 Å². The summed E-state index contributed by atoms with van der Waals surface area (Å²) in [7, 11) is 3.18. The van der Waals surface area contributed by atoms with Gasteiger partial charge in [-0.1, -0.05) is 13.0 Å². The smallest absolute Gasteiger partial charge is 0.317 e. The Morgan fingerprint density at radius 1 is 1.30 bits per heavy atom. The summed E-state index contributed by atoms with van der Waals surface area (Å²) in [5.41, 5.74) is 1.01. The first-order chi connectivity index (χ1) is 9.53. The van der Waals surface area contributed by atoms with Crippen molar-refractivity contribution in [3.63, 3.8) is 0 Å². The highest BCUT2D eigenvalue weighted by molar-refractivity contribution is 5.69. The molecule has 20 heavy (non-hydrogen) atoms. The van der Waals surface area contributed by atoms with Crippen LogP contribution in [-0.4, -0.2) is 43.3 Å². The van der Waals surface area contributed by atoms with E-state index in [0.717, 1.165) is 18.5 Å². The monoisotopic (exact) mass is 281 g/mol. The van der Waals surface area contributed by atoms with E-state index in [-0.39, 0.29) is 12.6 Å². The average molecular weight is 281 g/mol. The molecule has 0 fully saturated rings. The molecule has 0 aliphatic heterocycles. The van der Waals surface area contributed by atoms with Crippen molar-refractivity contribution in [1.82, 2.24) is 4.90 Å². The molecule has 0 aromatic heterocycles. The van der Waals surface area contributed by atoms with E-state index in [1.807, 2.05) is 36.9 Å². The Labute approximate surface area is 120 Å². The molecule has 0 saturated heterocycles. The molecule has 1 rings (SSSR count). The molecule has 0 spiro atoms. The number of ether oxygens (including phenoxy) is 2. The van der Waals surface area contributed by atoms with Crippen LogP contribution in [0.2, 0.25) is 0 Å². The lowest BCUT2D eigenvalue weighted by Gasteiger charge is -2.27. The molecule has 1 aromatic rings. The van der Waals surface area contributed by atoms with E-state index in [4.69, 9.17) is 14.6 Å². The number of hydrogen-bond donors (Lipinski definition) is 1. The van der Waals surface area contributed by atoms with Crippen LogP contribution in [-0.2, 0) is 4.79 Å². The molecule has 0 aliphatic rings. The van der Waals surface area contributed by atoms with Gasteiger partial charge in [-0.15, -0.1) is 0 Å². The van der Waals surface area contributed by atoms with Gasteiger partial charge in [-0.05, 0) is 37.6 Å². The van der Waals surface area contributed by atoms with Crippen LogP contribution in [0.25, 0.3) is 0 Å². The van der Waals surface area contributed by atoms with Crippen LogP contribution in [0.1, 0.15) is 31.9 Å². The van der Waals surface area contributed by atoms with Crippen molar-refractivity contribution >= 4 is 5.97 Å². The molecule has 1 N–H and O–H groups in total. The number of rotatable bonds is 8. The third kappa shape index (κ3) is 4.13. The van der Waals surface area contributed by atoms with Crippen molar-refractivity contribution in [2.75, 3.05) is 27.3 Å². The van der Waals surface area contributed by atoms with Crippen LogP contribution >= 0.6 is 0 Å². The number of carboxylic acid groups (broad SMARTS) is 1. The summed E-state index contributed by atoms with van der Waals surface area (Å²) in [6.45, 7) is 4.81. The van der Waals surface area contributed by atoms with E-state index >= 15 is 0 Å². The van der Waals surface area contributed by atoms with E-state index < -0.39 is 5.97 Å². The van der Waals surface area contributed by atoms with Gasteiger partial charge in [0.1, 0.15) is 0 Å². The van der Waals surface area contributed by atoms with E-state index in [2.05, 4.69) is 0 Å². The minimum absolute atomic E-state index is 0.00542. The highest BCUT2D eigenvalue weighted by atomic mass is 16.5. The predicted octanol–water partition coefficient (Wildman–Crippen LogP) is 2.56. The summed E-state index contributed by atoms with van der Waals surface area (Å²) in [5, 5.41) is 9.00. The quantitative estimate of drug-likeness (QED) is 0.793. The molecule has 112 valence electrons. The zero-order chi connectivity index (χ0) is 15.1. The molecule has 0 aliphatic carbocycles. The fourth-order valence-corrected chi connectivity index (χ4v) is 2.19. The number of aliphatic carboxylic acids is 1. The molecule has 5 nitrogen and oxygen atoms in total. The molecule has 0 amide bonds. The van der Waals surface area contributed by atoms with Crippen molar-refractivity contribution < 1.29 is 19.4 Å². The second-order valence-electron chi connectivity index (χ2n) is 4.65. The van der Waals surface area contributed by atoms with Crippen molar-refractivity contribution in [2.45, 2.75) is 26.3 Å². The first-order valence-corrected chi connectivity index (χ1v) is 6.71. The normalized spacial score (nSPS) is 12.2. The molecule has 5 heteroatoms. The first kappa shape index (κ1) is 16.3. The van der Waals surface area contributed by atoms with Gasteiger partial charge in [-0.25, -0.2) is 0 Å². The Kier molecular flexibility index (Phi) is 6.31. The van der Waals surface area contributed by atoms with Gasteiger partial charge in [0.2, 0.25) is 0 Å². The second kappa shape index (κ2) is 7.75. The van der Waals surface area contributed by atoms with Crippen LogP contribution < -0.4 is 9.47 Å². The lowest BCUT2D eigenvalue weighted by molar-refractivity contribution is -0.138. The Morgan fingerprint density at radius 3 is 2.45 bits per heavy atom. The molecule has 0 heterocycles. The van der Waals surface area contributed by atoms with Gasteiger partial charge in [0, 0.05) is 6.04 Å². The van der Waals surface area contributed by atoms with Crippen molar-refractivity contribution in [3.8, 4) is 11.5 Å². The van der Waals surface area contributed by atoms with E-state index in [1.165, 1.54) is 0 Å². The zero-order valence-corrected chi connectivity index (χ0v) is 12.5. The number of benzene rings is 1. The molecule has 0 radical (unpaired) electrons. The second-order valence-corrected chi connectivity index (χ2v) is 4.65. The Morgan fingerprint density at radius 2 is 1.95 bits per heavy atom. The predicted molar refractivity (Wildman–Crippen MR) is 77.5 cm³/mol. The first-order valence-electron chi connectivity index (χ1n) is 6.71. The van der Waals surface area contributed by atoms with Crippen LogP contribution in [0.15, 0.2) is 18.2 Å². The van der Waals surface area contributed by atoms with Crippen LogP contribution in [0.5, 0.6) is 11.5 Å². The molecule has 1 atom stereocenters. The maximum atomic E-state index is 11.0. The fraction of sp³-hybridized carbons (Fsp3) is 0.533. The molecule has 0 saturated carbocycles. The van der Waals surface area contributed by atoms with Crippen molar-refractivity contribution in [2.24, 2.45) is 0 Å². The molecule has 0 bridgehead atoms. The largest absolute Gasteiger partial charge is 0.493 e. The van der Waals surface area contributed by atoms with Gasteiger partial charge < -0.3 is 14.6 Å². The summed E-state index contributed by atoms with van der Waals surface area (Å²) < 4.78 is 10.5. The minimum Gasteiger partial charge on any atom is -0.493 e. The van der Waals surface area contributed by atoms with Crippen LogP contribution in [0.4, 0.5) is 0 Å². The van der Waals surface area contributed by atoms with Crippen LogP contribution in [0.3, 0.4) is 0 Å². The Hall–Kier alpha value is -1.75. The number of carbonyl (C=O) groups is 1. The number of carboxylic acids is 1. The third-order valence-corrected chi connectivity index (χ3v) is 3.29. The maximum Gasteiger partial charge on any atom is 0.317 e. The topological polar surface area (TPSA) is 59.0 Å². The van der Waals surface area contributed by atoms with Gasteiger partial charge in [-0.3, -0.25) is 9.69 Å². The number of hydrogen-bond acceptors (Lipinski definition) is 4. The van der Waals surface area contributed by atoms with Crippen molar-refractivity contribution in [3.05, 3.63) is 23.8 Å². The summed E-state index contributed by atoms with van der Waals surface area (Å²) in [6.07, 6.45) is 0.908. The number of methoxy groups -OCH3 is 2. The van der Waals surface area contributed by atoms with Gasteiger partial charge in [0.05, 0.1) is 20.8 Å². The zero-order valence-electron chi connectivity index (χ0n) is 12.5. The highest BCUT2D eigenvalue weighted by Crippen LogP contribution is 2.31. The standard InChI is InChI=1S/C15H23NO4/c1-5-8-16(10-15(17)18)11(2)12-6-7-13(19-3)14(9-12)20-4/h6-7,9,11H,5,8,10H2,1-4H3,(H,17,18). The summed E-state index contributed by atoms with van der Waals surface area (Å²) >= 11 is 0. The third-order valence-electron chi connectivity index (χ3n) is 3.29. The Bertz CT molecular complexity index is 447. The minimum atomic E-state index is -0.814. The van der Waals surface area contributed by atoms with E-state index in [1.54, 1.807) is 14.2 Å².